The van der Waals surface area contributed by atoms with Crippen molar-refractivity contribution in [2.45, 2.75) is 13.0 Å². The monoisotopic (exact) mass is 297 g/mol. The summed E-state index contributed by atoms with van der Waals surface area (Å²) in [5, 5.41) is 10.2. The molecule has 0 fully saturated rings. The van der Waals surface area contributed by atoms with Crippen molar-refractivity contribution in [2.75, 3.05) is 6.61 Å². The molecule has 100 valence electrons. The first-order valence-electron chi connectivity index (χ1n) is 5.81. The van der Waals surface area contributed by atoms with Crippen LogP contribution in [-0.4, -0.2) is 16.7 Å². The van der Waals surface area contributed by atoms with Crippen LogP contribution in [0.3, 0.4) is 0 Å². The average Bonchev–Trinajstić information content (AvgIpc) is 2.42. The topological polar surface area (TPSA) is 42.4 Å². The summed E-state index contributed by atoms with van der Waals surface area (Å²) in [6, 6.07) is 7.10. The summed E-state index contributed by atoms with van der Waals surface area (Å²) in [5.74, 6) is 0.484. The van der Waals surface area contributed by atoms with Gasteiger partial charge in [0, 0.05) is 29.4 Å². The first-order valence-corrected chi connectivity index (χ1v) is 6.57. The SMILES string of the molecule is OCc1cc(Cl)cc(Cl)c1OCCc1cccnc1. The number of rotatable bonds is 5. The van der Waals surface area contributed by atoms with Gasteiger partial charge in [0.05, 0.1) is 18.2 Å². The largest absolute Gasteiger partial charge is 0.491 e. The van der Waals surface area contributed by atoms with E-state index in [0.717, 1.165) is 12.0 Å². The quantitative estimate of drug-likeness (QED) is 0.918. The molecule has 0 aliphatic heterocycles. The zero-order valence-corrected chi connectivity index (χ0v) is 11.7. The first-order chi connectivity index (χ1) is 9.20. The predicted molar refractivity (Wildman–Crippen MR) is 75.8 cm³/mol. The molecule has 3 nitrogen and oxygen atoms in total. The molecule has 1 aromatic heterocycles. The highest BCUT2D eigenvalue weighted by Gasteiger charge is 2.10. The summed E-state index contributed by atoms with van der Waals surface area (Å²) in [4.78, 5) is 4.03. The third-order valence-corrected chi connectivity index (χ3v) is 3.11. The molecule has 2 aromatic rings. The van der Waals surface area contributed by atoms with Crippen molar-refractivity contribution in [1.82, 2.24) is 4.98 Å². The maximum absolute atomic E-state index is 9.28. The second-order valence-electron chi connectivity index (χ2n) is 3.99. The van der Waals surface area contributed by atoms with E-state index in [4.69, 9.17) is 27.9 Å². The van der Waals surface area contributed by atoms with Crippen molar-refractivity contribution in [3.63, 3.8) is 0 Å². The summed E-state index contributed by atoms with van der Waals surface area (Å²) in [5.41, 5.74) is 1.67. The van der Waals surface area contributed by atoms with E-state index >= 15 is 0 Å². The fraction of sp³-hybridized carbons (Fsp3) is 0.214. The third kappa shape index (κ3) is 3.83. The molecule has 1 N–H and O–H groups in total. The zero-order chi connectivity index (χ0) is 13.7. The van der Waals surface area contributed by atoms with E-state index in [9.17, 15) is 5.11 Å². The van der Waals surface area contributed by atoms with Gasteiger partial charge in [0.2, 0.25) is 0 Å². The Hall–Kier alpha value is -1.29. The molecule has 1 heterocycles. The number of aliphatic hydroxyl groups is 1. The molecule has 0 saturated carbocycles. The number of aromatic nitrogens is 1. The van der Waals surface area contributed by atoms with Crippen molar-refractivity contribution in [1.29, 1.82) is 0 Å². The Morgan fingerprint density at radius 1 is 1.26 bits per heavy atom. The second-order valence-corrected chi connectivity index (χ2v) is 4.84. The minimum atomic E-state index is -0.164. The predicted octanol–water partition coefficient (Wildman–Crippen LogP) is 3.50. The van der Waals surface area contributed by atoms with Crippen molar-refractivity contribution < 1.29 is 9.84 Å². The summed E-state index contributed by atoms with van der Waals surface area (Å²) < 4.78 is 5.64. The third-order valence-electron chi connectivity index (χ3n) is 2.62. The maximum atomic E-state index is 9.28. The van der Waals surface area contributed by atoms with Crippen LogP contribution < -0.4 is 4.74 Å². The first kappa shape index (κ1) is 14.1. The molecule has 0 bridgehead atoms. The molecule has 0 aliphatic rings. The maximum Gasteiger partial charge on any atom is 0.143 e. The van der Waals surface area contributed by atoms with Gasteiger partial charge < -0.3 is 9.84 Å². The Bertz CT molecular complexity index is 547. The Kier molecular flexibility index (Phi) is 5.02. The van der Waals surface area contributed by atoms with E-state index in [0.29, 0.717) is 28.0 Å². The van der Waals surface area contributed by atoms with Gasteiger partial charge in [0.15, 0.2) is 0 Å². The van der Waals surface area contributed by atoms with E-state index in [-0.39, 0.29) is 6.61 Å². The highest BCUT2D eigenvalue weighted by Crippen LogP contribution is 2.32. The van der Waals surface area contributed by atoms with Gasteiger partial charge in [-0.3, -0.25) is 4.98 Å². The summed E-state index contributed by atoms with van der Waals surface area (Å²) in [6.45, 7) is 0.294. The van der Waals surface area contributed by atoms with Gasteiger partial charge in [-0.2, -0.15) is 0 Å². The summed E-state index contributed by atoms with van der Waals surface area (Å²) in [6.07, 6.45) is 4.24. The summed E-state index contributed by atoms with van der Waals surface area (Å²) >= 11 is 11.9. The van der Waals surface area contributed by atoms with Crippen LogP contribution in [0.1, 0.15) is 11.1 Å². The minimum absolute atomic E-state index is 0.164. The number of nitrogens with zero attached hydrogens (tertiary/aromatic N) is 1. The molecule has 2 rings (SSSR count). The van der Waals surface area contributed by atoms with E-state index in [1.807, 2.05) is 12.1 Å². The van der Waals surface area contributed by atoms with E-state index in [2.05, 4.69) is 4.98 Å². The normalized spacial score (nSPS) is 10.5. The van der Waals surface area contributed by atoms with E-state index < -0.39 is 0 Å². The molecular weight excluding hydrogens is 285 g/mol. The van der Waals surface area contributed by atoms with Crippen molar-refractivity contribution in [2.24, 2.45) is 0 Å². The highest BCUT2D eigenvalue weighted by atomic mass is 35.5. The van der Waals surface area contributed by atoms with Crippen LogP contribution in [-0.2, 0) is 13.0 Å². The Morgan fingerprint density at radius 2 is 2.11 bits per heavy atom. The van der Waals surface area contributed by atoms with Crippen molar-refractivity contribution in [3.05, 3.63) is 57.8 Å². The van der Waals surface area contributed by atoms with Crippen LogP contribution in [0.25, 0.3) is 0 Å². The molecular formula is C14H13Cl2NO2. The van der Waals surface area contributed by atoms with Gasteiger partial charge in [-0.1, -0.05) is 29.3 Å². The summed E-state index contributed by atoms with van der Waals surface area (Å²) in [7, 11) is 0. The van der Waals surface area contributed by atoms with Crippen LogP contribution in [0.5, 0.6) is 5.75 Å². The minimum Gasteiger partial charge on any atom is -0.491 e. The number of pyridine rings is 1. The van der Waals surface area contributed by atoms with E-state index in [1.165, 1.54) is 0 Å². The van der Waals surface area contributed by atoms with Crippen LogP contribution in [0, 0.1) is 0 Å². The molecule has 0 atom stereocenters. The Morgan fingerprint density at radius 3 is 2.79 bits per heavy atom. The number of hydrogen-bond donors (Lipinski definition) is 1. The lowest BCUT2D eigenvalue weighted by Gasteiger charge is -2.12. The molecule has 0 saturated heterocycles. The fourth-order valence-corrected chi connectivity index (χ4v) is 2.30. The molecule has 0 unspecified atom stereocenters. The lowest BCUT2D eigenvalue weighted by atomic mass is 10.2. The number of halogens is 2. The average molecular weight is 298 g/mol. The van der Waals surface area contributed by atoms with Gasteiger partial charge in [-0.05, 0) is 23.8 Å². The lowest BCUT2D eigenvalue weighted by molar-refractivity contribution is 0.264. The lowest BCUT2D eigenvalue weighted by Crippen LogP contribution is -2.04. The number of hydrogen-bond acceptors (Lipinski definition) is 3. The molecule has 1 aromatic carbocycles. The van der Waals surface area contributed by atoms with Crippen LogP contribution >= 0.6 is 23.2 Å². The van der Waals surface area contributed by atoms with E-state index in [1.54, 1.807) is 24.5 Å². The fourth-order valence-electron chi connectivity index (χ4n) is 1.71. The van der Waals surface area contributed by atoms with Crippen LogP contribution in [0.2, 0.25) is 10.0 Å². The number of benzene rings is 1. The molecule has 19 heavy (non-hydrogen) atoms. The van der Waals surface area contributed by atoms with Crippen LogP contribution in [0.15, 0.2) is 36.7 Å². The molecule has 5 heteroatoms. The molecule has 0 aliphatic carbocycles. The molecule has 0 amide bonds. The molecule has 0 spiro atoms. The second kappa shape index (κ2) is 6.75. The highest BCUT2D eigenvalue weighted by molar-refractivity contribution is 6.35. The van der Waals surface area contributed by atoms with Gasteiger partial charge >= 0.3 is 0 Å². The van der Waals surface area contributed by atoms with Crippen molar-refractivity contribution >= 4 is 23.2 Å². The zero-order valence-electron chi connectivity index (χ0n) is 10.1. The number of ether oxygens (including phenoxy) is 1. The van der Waals surface area contributed by atoms with Gasteiger partial charge in [0.1, 0.15) is 5.75 Å². The van der Waals surface area contributed by atoms with Gasteiger partial charge in [-0.15, -0.1) is 0 Å². The van der Waals surface area contributed by atoms with Gasteiger partial charge in [-0.25, -0.2) is 0 Å². The van der Waals surface area contributed by atoms with Crippen LogP contribution in [0.4, 0.5) is 0 Å². The smallest absolute Gasteiger partial charge is 0.143 e. The standard InChI is InChI=1S/C14H13Cl2NO2/c15-12-6-11(9-18)14(13(16)7-12)19-5-3-10-2-1-4-17-8-10/h1-2,4,6-8,18H,3,5,9H2. The Balaban J connectivity index is 2.03. The van der Waals surface area contributed by atoms with Gasteiger partial charge in [0.25, 0.3) is 0 Å². The number of aliphatic hydroxyl groups excluding tert-OH is 1. The van der Waals surface area contributed by atoms with Crippen molar-refractivity contribution in [3.8, 4) is 5.75 Å². The Labute approximate surface area is 121 Å². The molecule has 0 radical (unpaired) electrons.